The summed E-state index contributed by atoms with van der Waals surface area (Å²) in [4.78, 5) is 25.4. The molecular formula is C18H20N8O2S. The monoisotopic (exact) mass is 412 g/mol. The number of carbonyl (C=O) groups is 1. The van der Waals surface area contributed by atoms with Gasteiger partial charge in [-0.2, -0.15) is 0 Å². The predicted octanol–water partition coefficient (Wildman–Crippen LogP) is 0.864. The third-order valence-electron chi connectivity index (χ3n) is 5.54. The van der Waals surface area contributed by atoms with Crippen LogP contribution in [0.5, 0.6) is 0 Å². The van der Waals surface area contributed by atoms with Crippen molar-refractivity contribution in [2.75, 3.05) is 25.4 Å². The highest BCUT2D eigenvalue weighted by atomic mass is 32.1. The van der Waals surface area contributed by atoms with Gasteiger partial charge in [-0.3, -0.25) is 4.79 Å². The first-order chi connectivity index (χ1) is 14.1. The van der Waals surface area contributed by atoms with E-state index in [0.717, 1.165) is 29.8 Å². The van der Waals surface area contributed by atoms with Crippen LogP contribution in [0.1, 0.15) is 23.3 Å². The molecule has 5 rings (SSSR count). The molecule has 5 heterocycles. The minimum absolute atomic E-state index is 0.0198. The van der Waals surface area contributed by atoms with Gasteiger partial charge in [0.25, 0.3) is 0 Å². The molecule has 0 saturated carbocycles. The Morgan fingerprint density at radius 3 is 2.86 bits per heavy atom. The molecule has 10 nitrogen and oxygen atoms in total. The van der Waals surface area contributed by atoms with Crippen molar-refractivity contribution in [2.24, 2.45) is 0 Å². The molecule has 0 aliphatic carbocycles. The maximum absolute atomic E-state index is 12.5. The summed E-state index contributed by atoms with van der Waals surface area (Å²) in [5.74, 6) is 0.430. The maximum Gasteiger partial charge on any atom is 0.244 e. The van der Waals surface area contributed by atoms with Crippen LogP contribution in [-0.4, -0.2) is 60.7 Å². The van der Waals surface area contributed by atoms with Crippen molar-refractivity contribution in [2.45, 2.75) is 31.4 Å². The minimum Gasteiger partial charge on any atom is -0.382 e. The summed E-state index contributed by atoms with van der Waals surface area (Å²) in [5, 5.41) is 10.9. The lowest BCUT2D eigenvalue weighted by Gasteiger charge is -2.44. The number of nitrogens with zero attached hydrogens (tertiary/aromatic N) is 7. The Bertz CT molecular complexity index is 1010. The predicted molar refractivity (Wildman–Crippen MR) is 105 cm³/mol. The summed E-state index contributed by atoms with van der Waals surface area (Å²) in [7, 11) is 0. The fourth-order valence-corrected chi connectivity index (χ4v) is 5.22. The van der Waals surface area contributed by atoms with Crippen LogP contribution in [0.4, 0.5) is 5.82 Å². The first kappa shape index (κ1) is 18.1. The normalized spacial score (nSPS) is 18.0. The first-order valence-corrected chi connectivity index (χ1v) is 10.3. The highest BCUT2D eigenvalue weighted by Crippen LogP contribution is 2.46. The van der Waals surface area contributed by atoms with E-state index < -0.39 is 0 Å². The number of carbonyl (C=O) groups excluding carboxylic acids is 1. The summed E-state index contributed by atoms with van der Waals surface area (Å²) in [6.07, 6.45) is 7.17. The van der Waals surface area contributed by atoms with Gasteiger partial charge in [0.1, 0.15) is 18.7 Å². The molecule has 1 fully saturated rings. The number of likely N-dealkylation sites (tertiary alicyclic amines) is 1. The molecule has 1 saturated heterocycles. The van der Waals surface area contributed by atoms with E-state index in [0.29, 0.717) is 25.5 Å². The average Bonchev–Trinajstić information content (AvgIpc) is 3.40. The van der Waals surface area contributed by atoms with Gasteiger partial charge >= 0.3 is 0 Å². The number of hydrogen-bond acceptors (Lipinski definition) is 9. The lowest BCUT2D eigenvalue weighted by atomic mass is 9.82. The lowest BCUT2D eigenvalue weighted by Crippen LogP contribution is -2.48. The summed E-state index contributed by atoms with van der Waals surface area (Å²) in [6.45, 7) is 2.14. The number of thiophene rings is 1. The Morgan fingerprint density at radius 1 is 1.28 bits per heavy atom. The highest BCUT2D eigenvalue weighted by molar-refractivity contribution is 7.15. The molecule has 2 N–H and O–H groups in total. The number of piperidine rings is 1. The van der Waals surface area contributed by atoms with E-state index in [-0.39, 0.29) is 18.1 Å². The van der Waals surface area contributed by atoms with E-state index in [9.17, 15) is 4.79 Å². The van der Waals surface area contributed by atoms with E-state index >= 15 is 0 Å². The van der Waals surface area contributed by atoms with Crippen molar-refractivity contribution in [3.8, 4) is 10.6 Å². The fourth-order valence-electron chi connectivity index (χ4n) is 4.03. The molecule has 2 aliphatic heterocycles. The molecule has 0 atom stereocenters. The van der Waals surface area contributed by atoms with Gasteiger partial charge in [-0.1, -0.05) is 0 Å². The number of tetrazole rings is 1. The molecule has 1 amide bonds. The number of rotatable bonds is 3. The number of aromatic nitrogens is 6. The third-order valence-corrected chi connectivity index (χ3v) is 6.76. The van der Waals surface area contributed by atoms with Crippen molar-refractivity contribution in [3.05, 3.63) is 35.2 Å². The number of ether oxygens (including phenoxy) is 1. The van der Waals surface area contributed by atoms with Crippen molar-refractivity contribution < 1.29 is 9.53 Å². The Labute approximate surface area is 170 Å². The summed E-state index contributed by atoms with van der Waals surface area (Å²) in [6, 6.07) is 2.18. The van der Waals surface area contributed by atoms with Gasteiger partial charge in [0.15, 0.2) is 0 Å². The standard InChI is InChI=1S/C18H20N8O2S/c19-16-9-20-13(8-21-16)15-7-12-14(29-15)1-6-28-18(12)2-4-25(5-3-18)17(27)10-26-11-22-23-24-26/h7-9,11H,1-6,10H2,(H2,19,21). The molecule has 29 heavy (non-hydrogen) atoms. The average molecular weight is 412 g/mol. The number of nitrogens with two attached hydrogens (primary N) is 1. The van der Waals surface area contributed by atoms with E-state index in [4.69, 9.17) is 10.5 Å². The quantitative estimate of drug-likeness (QED) is 0.672. The van der Waals surface area contributed by atoms with Gasteiger partial charge in [-0.15, -0.1) is 16.4 Å². The third kappa shape index (κ3) is 3.36. The Balaban J connectivity index is 1.34. The summed E-state index contributed by atoms with van der Waals surface area (Å²) in [5.41, 5.74) is 7.37. The number of nitrogen functional groups attached to an aromatic ring is 1. The second-order valence-electron chi connectivity index (χ2n) is 7.25. The Hall–Kier alpha value is -2.92. The van der Waals surface area contributed by atoms with Crippen molar-refractivity contribution in [1.29, 1.82) is 0 Å². The molecule has 0 bridgehead atoms. The Morgan fingerprint density at radius 2 is 2.14 bits per heavy atom. The van der Waals surface area contributed by atoms with E-state index in [1.807, 2.05) is 4.90 Å². The van der Waals surface area contributed by atoms with Gasteiger partial charge in [-0.05, 0) is 34.9 Å². The zero-order valence-corrected chi connectivity index (χ0v) is 16.5. The van der Waals surface area contributed by atoms with Crippen LogP contribution in [0, 0.1) is 0 Å². The lowest BCUT2D eigenvalue weighted by molar-refractivity contribution is -0.141. The van der Waals surface area contributed by atoms with Crippen LogP contribution in [0.3, 0.4) is 0 Å². The molecule has 0 radical (unpaired) electrons. The van der Waals surface area contributed by atoms with Crippen molar-refractivity contribution in [3.63, 3.8) is 0 Å². The zero-order valence-electron chi connectivity index (χ0n) is 15.7. The van der Waals surface area contributed by atoms with E-state index in [1.165, 1.54) is 21.4 Å². The second kappa shape index (κ2) is 7.16. The number of hydrogen-bond donors (Lipinski definition) is 1. The summed E-state index contributed by atoms with van der Waals surface area (Å²) >= 11 is 1.74. The van der Waals surface area contributed by atoms with Gasteiger partial charge in [0.05, 0.1) is 35.2 Å². The number of anilines is 1. The minimum atomic E-state index is -0.338. The smallest absolute Gasteiger partial charge is 0.244 e. The highest BCUT2D eigenvalue weighted by Gasteiger charge is 2.42. The number of fused-ring (bicyclic) bond motifs is 2. The van der Waals surface area contributed by atoms with Gasteiger partial charge in [0, 0.05) is 24.4 Å². The van der Waals surface area contributed by atoms with Crippen LogP contribution < -0.4 is 5.73 Å². The fraction of sp³-hybridized carbons (Fsp3) is 0.444. The zero-order chi connectivity index (χ0) is 19.8. The first-order valence-electron chi connectivity index (χ1n) is 9.47. The van der Waals surface area contributed by atoms with Crippen LogP contribution in [0.15, 0.2) is 24.8 Å². The second-order valence-corrected chi connectivity index (χ2v) is 8.39. The van der Waals surface area contributed by atoms with Gasteiger partial charge in [-0.25, -0.2) is 14.6 Å². The molecule has 150 valence electrons. The molecule has 1 spiro atoms. The molecule has 3 aromatic heterocycles. The van der Waals surface area contributed by atoms with Crippen LogP contribution in [0.2, 0.25) is 0 Å². The molecule has 0 aromatic carbocycles. The van der Waals surface area contributed by atoms with Gasteiger partial charge in [0.2, 0.25) is 5.91 Å². The Kier molecular flexibility index (Phi) is 4.47. The van der Waals surface area contributed by atoms with E-state index in [1.54, 1.807) is 23.7 Å². The molecule has 3 aromatic rings. The molecular weight excluding hydrogens is 392 g/mol. The van der Waals surface area contributed by atoms with Crippen LogP contribution >= 0.6 is 11.3 Å². The van der Waals surface area contributed by atoms with Crippen molar-refractivity contribution in [1.82, 2.24) is 35.1 Å². The largest absolute Gasteiger partial charge is 0.382 e. The molecule has 0 unspecified atom stereocenters. The van der Waals surface area contributed by atoms with Gasteiger partial charge < -0.3 is 15.4 Å². The van der Waals surface area contributed by atoms with Crippen LogP contribution in [0.25, 0.3) is 10.6 Å². The van der Waals surface area contributed by atoms with Crippen LogP contribution in [-0.2, 0) is 28.1 Å². The topological polar surface area (TPSA) is 125 Å². The molecule has 11 heteroatoms. The number of amides is 1. The van der Waals surface area contributed by atoms with Crippen molar-refractivity contribution >= 4 is 23.1 Å². The van der Waals surface area contributed by atoms with E-state index in [2.05, 4.69) is 31.6 Å². The maximum atomic E-state index is 12.5. The molecule has 2 aliphatic rings. The SMILES string of the molecule is Nc1cnc(-c2cc3c(s2)CCOC32CCN(C(=O)Cn3cnnn3)CC2)cn1. The summed E-state index contributed by atoms with van der Waals surface area (Å²) < 4.78 is 7.76.